The van der Waals surface area contributed by atoms with Crippen LogP contribution in [0.3, 0.4) is 0 Å². The molecule has 0 aromatic heterocycles. The molecule has 0 radical (unpaired) electrons. The van der Waals surface area contributed by atoms with Crippen molar-refractivity contribution in [2.24, 2.45) is 0 Å². The summed E-state index contributed by atoms with van der Waals surface area (Å²) >= 11 is 0. The monoisotopic (exact) mass is 144 g/mol. The van der Waals surface area contributed by atoms with Gasteiger partial charge in [-0.3, -0.25) is 9.68 Å². The molecule has 0 fully saturated rings. The molecule has 0 saturated heterocycles. The van der Waals surface area contributed by atoms with Crippen molar-refractivity contribution in [1.82, 2.24) is 10.1 Å². The van der Waals surface area contributed by atoms with Crippen LogP contribution in [0.2, 0.25) is 0 Å². The molecule has 58 valence electrons. The van der Waals surface area contributed by atoms with Crippen molar-refractivity contribution in [2.45, 2.75) is 13.1 Å². The number of nitrogens with zero attached hydrogens (tertiary/aromatic N) is 2. The summed E-state index contributed by atoms with van der Waals surface area (Å²) in [5.41, 5.74) is 0. The average Bonchev–Trinajstić information content (AvgIpc) is 2.30. The third-order valence-electron chi connectivity index (χ3n) is 1.52. The third kappa shape index (κ3) is 1.08. The Bertz CT molecular complexity index is 124. The molecule has 0 unspecified atom stereocenters. The molecule has 0 spiro atoms. The van der Waals surface area contributed by atoms with E-state index in [9.17, 15) is 0 Å². The molecule has 10 heavy (non-hydrogen) atoms. The normalized spacial score (nSPS) is 19.1. The highest BCUT2D eigenvalue weighted by atomic mass is 16.7. The molecule has 1 rings (SSSR count). The Balaban J connectivity index is 2.49. The number of hydrogen-bond acceptors (Lipinski definition) is 4. The van der Waals surface area contributed by atoms with Crippen LogP contribution < -0.4 is 0 Å². The van der Waals surface area contributed by atoms with Crippen LogP contribution >= 0.6 is 0 Å². The zero-order valence-electron chi connectivity index (χ0n) is 6.44. The molecular formula is C6H12N2O2. The highest BCUT2D eigenvalue weighted by molar-refractivity contribution is 4.87. The maximum absolute atomic E-state index is 4.98. The molecule has 0 atom stereocenters. The molecule has 0 N–H and O–H groups in total. The fraction of sp³-hybridized carbons (Fsp3) is 0.667. The van der Waals surface area contributed by atoms with Crippen LogP contribution in [0.15, 0.2) is 12.4 Å². The van der Waals surface area contributed by atoms with Gasteiger partial charge in [-0.1, -0.05) is 0 Å². The van der Waals surface area contributed by atoms with Crippen molar-refractivity contribution in [3.8, 4) is 0 Å². The lowest BCUT2D eigenvalue weighted by atomic mass is 10.6. The quantitative estimate of drug-likeness (QED) is 0.565. The first kappa shape index (κ1) is 7.37. The summed E-state index contributed by atoms with van der Waals surface area (Å²) in [5.74, 6) is 0. The molecule has 4 heteroatoms. The van der Waals surface area contributed by atoms with Gasteiger partial charge in [0.25, 0.3) is 0 Å². The number of hydrogen-bond donors (Lipinski definition) is 0. The fourth-order valence-corrected chi connectivity index (χ4v) is 0.920. The first-order valence-electron chi connectivity index (χ1n) is 3.13. The summed E-state index contributed by atoms with van der Waals surface area (Å²) in [6.45, 7) is 1.98. The minimum absolute atomic E-state index is 0.120. The van der Waals surface area contributed by atoms with Gasteiger partial charge in [0.05, 0.1) is 14.2 Å². The van der Waals surface area contributed by atoms with Crippen LogP contribution in [0.25, 0.3) is 0 Å². The van der Waals surface area contributed by atoms with Crippen LogP contribution in [-0.4, -0.2) is 30.5 Å². The Morgan fingerprint density at radius 3 is 1.70 bits per heavy atom. The summed E-state index contributed by atoms with van der Waals surface area (Å²) < 4.78 is 0. The Kier molecular flexibility index (Phi) is 2.13. The summed E-state index contributed by atoms with van der Waals surface area (Å²) in [6, 6.07) is 0. The summed E-state index contributed by atoms with van der Waals surface area (Å²) in [4.78, 5) is 9.96. The molecule has 0 aromatic rings. The molecule has 4 nitrogen and oxygen atoms in total. The second-order valence-corrected chi connectivity index (χ2v) is 2.01. The lowest BCUT2D eigenvalue weighted by molar-refractivity contribution is -0.209. The lowest BCUT2D eigenvalue weighted by Gasteiger charge is -2.25. The van der Waals surface area contributed by atoms with E-state index in [0.29, 0.717) is 0 Å². The third-order valence-corrected chi connectivity index (χ3v) is 1.52. The van der Waals surface area contributed by atoms with E-state index < -0.39 is 0 Å². The Labute approximate surface area is 60.5 Å². The van der Waals surface area contributed by atoms with Crippen molar-refractivity contribution in [3.63, 3.8) is 0 Å². The summed E-state index contributed by atoms with van der Waals surface area (Å²) in [6.07, 6.45) is 3.75. The van der Waals surface area contributed by atoms with Gasteiger partial charge in [0.2, 0.25) is 0 Å². The maximum Gasteiger partial charge on any atom is 0.148 e. The van der Waals surface area contributed by atoms with Gasteiger partial charge in [-0.25, -0.2) is 10.1 Å². The van der Waals surface area contributed by atoms with E-state index >= 15 is 0 Å². The van der Waals surface area contributed by atoms with Gasteiger partial charge in [0.1, 0.15) is 6.17 Å². The zero-order chi connectivity index (χ0) is 7.56. The molecule has 1 heterocycles. The molecule has 0 saturated carbocycles. The zero-order valence-corrected chi connectivity index (χ0v) is 6.44. The molecule has 0 amide bonds. The number of hydroxylamine groups is 4. The minimum Gasteiger partial charge on any atom is -0.275 e. The SMILES string of the molecule is CON1C=CN(OC)C1C. The minimum atomic E-state index is 0.120. The molecular weight excluding hydrogens is 132 g/mol. The summed E-state index contributed by atoms with van der Waals surface area (Å²) in [5, 5.41) is 3.40. The maximum atomic E-state index is 4.98. The van der Waals surface area contributed by atoms with Crippen LogP contribution in [0.1, 0.15) is 6.92 Å². The largest absolute Gasteiger partial charge is 0.275 e. The van der Waals surface area contributed by atoms with Crippen molar-refractivity contribution >= 4 is 0 Å². The van der Waals surface area contributed by atoms with E-state index in [4.69, 9.17) is 9.68 Å². The van der Waals surface area contributed by atoms with Gasteiger partial charge in [-0.15, -0.1) is 0 Å². The first-order chi connectivity index (χ1) is 4.79. The van der Waals surface area contributed by atoms with Gasteiger partial charge < -0.3 is 0 Å². The van der Waals surface area contributed by atoms with Gasteiger partial charge in [0.15, 0.2) is 0 Å². The lowest BCUT2D eigenvalue weighted by Crippen LogP contribution is -2.34. The van der Waals surface area contributed by atoms with Crippen LogP contribution in [0.5, 0.6) is 0 Å². The van der Waals surface area contributed by atoms with E-state index in [1.54, 1.807) is 24.3 Å². The molecule has 0 aliphatic carbocycles. The van der Waals surface area contributed by atoms with Crippen LogP contribution in [-0.2, 0) is 9.68 Å². The highest BCUT2D eigenvalue weighted by Gasteiger charge is 2.21. The van der Waals surface area contributed by atoms with E-state index in [1.165, 1.54) is 0 Å². The standard InChI is InChI=1S/C6H12N2O2/c1-6-7(9-2)4-5-8(6)10-3/h4-6H,1-3H3. The summed E-state index contributed by atoms with van der Waals surface area (Å²) in [7, 11) is 3.25. The molecule has 0 aromatic carbocycles. The Morgan fingerprint density at radius 2 is 1.50 bits per heavy atom. The van der Waals surface area contributed by atoms with Gasteiger partial charge >= 0.3 is 0 Å². The average molecular weight is 144 g/mol. The first-order valence-corrected chi connectivity index (χ1v) is 3.13. The topological polar surface area (TPSA) is 24.9 Å². The van der Waals surface area contributed by atoms with E-state index in [-0.39, 0.29) is 6.17 Å². The van der Waals surface area contributed by atoms with Gasteiger partial charge in [-0.05, 0) is 6.92 Å². The van der Waals surface area contributed by atoms with E-state index in [0.717, 1.165) is 0 Å². The second kappa shape index (κ2) is 2.90. The van der Waals surface area contributed by atoms with Gasteiger partial charge in [0, 0.05) is 12.4 Å². The fourth-order valence-electron chi connectivity index (χ4n) is 0.920. The van der Waals surface area contributed by atoms with Crippen LogP contribution in [0, 0.1) is 0 Å². The number of rotatable bonds is 2. The predicted octanol–water partition coefficient (Wildman–Crippen LogP) is 0.544. The highest BCUT2D eigenvalue weighted by Crippen LogP contribution is 2.13. The van der Waals surface area contributed by atoms with Crippen molar-refractivity contribution in [2.75, 3.05) is 14.2 Å². The van der Waals surface area contributed by atoms with Crippen molar-refractivity contribution in [1.29, 1.82) is 0 Å². The smallest absolute Gasteiger partial charge is 0.148 e. The van der Waals surface area contributed by atoms with Crippen molar-refractivity contribution < 1.29 is 9.68 Å². The molecule has 0 bridgehead atoms. The van der Waals surface area contributed by atoms with Crippen LogP contribution in [0.4, 0.5) is 0 Å². The Hall–Kier alpha value is -0.740. The molecule has 1 aliphatic rings. The van der Waals surface area contributed by atoms with Gasteiger partial charge in [-0.2, -0.15) is 0 Å². The molecule has 1 aliphatic heterocycles. The van der Waals surface area contributed by atoms with Crippen molar-refractivity contribution in [3.05, 3.63) is 12.4 Å². The van der Waals surface area contributed by atoms with E-state index in [1.807, 2.05) is 19.3 Å². The van der Waals surface area contributed by atoms with E-state index in [2.05, 4.69) is 0 Å². The Morgan fingerprint density at radius 1 is 1.10 bits per heavy atom. The predicted molar refractivity (Wildman–Crippen MR) is 36.3 cm³/mol. The second-order valence-electron chi connectivity index (χ2n) is 2.01.